The van der Waals surface area contributed by atoms with Crippen molar-refractivity contribution >= 4 is 47.0 Å². The minimum atomic E-state index is -1.23. The summed E-state index contributed by atoms with van der Waals surface area (Å²) in [4.78, 5) is 66.2. The highest BCUT2D eigenvalue weighted by Crippen LogP contribution is 2.25. The van der Waals surface area contributed by atoms with Gasteiger partial charge in [-0.05, 0) is 49.9 Å². The molecular formula is C28H42N8O8. The number of esters is 1. The van der Waals surface area contributed by atoms with Gasteiger partial charge in [0.2, 0.25) is 5.95 Å². The third-order valence-corrected chi connectivity index (χ3v) is 6.60. The van der Waals surface area contributed by atoms with Crippen molar-refractivity contribution in [1.82, 2.24) is 15.3 Å². The number of nitrogen functional groups attached to an aromatic ring is 1. The molecule has 0 radical (unpaired) electrons. The van der Waals surface area contributed by atoms with Crippen LogP contribution in [0.5, 0.6) is 0 Å². The molecule has 44 heavy (non-hydrogen) atoms. The number of likely N-dealkylation sites (N-methyl/N-ethyl adjacent to an activating group) is 1. The van der Waals surface area contributed by atoms with Crippen LogP contribution in [0.4, 0.5) is 23.1 Å². The zero-order valence-corrected chi connectivity index (χ0v) is 25.3. The van der Waals surface area contributed by atoms with Gasteiger partial charge in [-0.25, -0.2) is 4.79 Å². The van der Waals surface area contributed by atoms with E-state index in [-0.39, 0.29) is 42.6 Å². The maximum absolute atomic E-state index is 12.5. The molecule has 0 bridgehead atoms. The smallest absolute Gasteiger partial charge is 0.326 e. The van der Waals surface area contributed by atoms with Gasteiger partial charge in [0.25, 0.3) is 11.5 Å². The van der Waals surface area contributed by atoms with E-state index in [1.54, 1.807) is 38.2 Å². The Morgan fingerprint density at radius 1 is 1.16 bits per heavy atom. The second-order valence-electron chi connectivity index (χ2n) is 10.5. The number of ether oxygens (including phenoxy) is 1. The molecule has 16 nitrogen and oxygen atoms in total. The summed E-state index contributed by atoms with van der Waals surface area (Å²) in [5.41, 5.74) is 11.9. The van der Waals surface area contributed by atoms with Crippen LogP contribution in [0.3, 0.4) is 0 Å². The molecule has 0 fully saturated rings. The Kier molecular flexibility index (Phi) is 13.4. The molecule has 2 aromatic rings. The summed E-state index contributed by atoms with van der Waals surface area (Å²) in [6.45, 7) is 6.79. The number of carbonyl (C=O) groups excluding carboxylic acids is 2. The Labute approximate surface area is 254 Å². The highest BCUT2D eigenvalue weighted by Gasteiger charge is 2.27. The fraction of sp³-hybridized carbons (Fsp3) is 0.500. The average Bonchev–Trinajstić information content (AvgIpc) is 2.94. The normalized spacial score (nSPS) is 15.0. The summed E-state index contributed by atoms with van der Waals surface area (Å²) in [6.07, 6.45) is 0.365. The second-order valence-corrected chi connectivity index (χ2v) is 10.5. The van der Waals surface area contributed by atoms with Crippen LogP contribution >= 0.6 is 0 Å². The number of rotatable bonds is 13. The maximum Gasteiger partial charge on any atom is 0.326 e. The highest BCUT2D eigenvalue weighted by molar-refractivity contribution is 5.97. The maximum atomic E-state index is 12.5. The molecule has 0 aliphatic carbocycles. The van der Waals surface area contributed by atoms with E-state index in [2.05, 4.69) is 25.9 Å². The van der Waals surface area contributed by atoms with E-state index in [0.717, 1.165) is 5.69 Å². The first kappa shape index (κ1) is 35.3. The van der Waals surface area contributed by atoms with Gasteiger partial charge in [0, 0.05) is 37.8 Å². The van der Waals surface area contributed by atoms with Crippen molar-refractivity contribution in [2.75, 3.05) is 48.0 Å². The van der Waals surface area contributed by atoms with Gasteiger partial charge in [-0.15, -0.1) is 0 Å². The average molecular weight is 619 g/mol. The van der Waals surface area contributed by atoms with Crippen LogP contribution in [-0.4, -0.2) is 88.9 Å². The molecule has 0 saturated carbocycles. The monoisotopic (exact) mass is 618 g/mol. The summed E-state index contributed by atoms with van der Waals surface area (Å²) in [5.74, 6) is -2.39. The zero-order chi connectivity index (χ0) is 33.0. The molecule has 1 aliphatic rings. The number of hydrogen-bond donors (Lipinski definition) is 8. The molecule has 3 atom stereocenters. The standard InChI is InChI=1S/C22H29N7O6.C6H13NO2/c1-3-35-16(30)9-8-15(21(33)34)26-19(31)12-4-6-13(7-5-12)24-10-14-11-25-18-17(29(14)2)20(32)28-22(23)27-18;1-4(2)3-5(7)6(8)9/h4-7,14-15,24H,3,8-11H2,1-2H3,(H,26,31)(H,33,34)(H4,23,25,27,28,32);4-5H,3,7H2,1-2H3,(H,8,9)/t14-,15?;/m0./s1. The molecule has 1 aromatic carbocycles. The van der Waals surface area contributed by atoms with Crippen molar-refractivity contribution in [3.05, 3.63) is 40.2 Å². The number of aromatic amines is 1. The van der Waals surface area contributed by atoms with Gasteiger partial charge < -0.3 is 47.3 Å². The van der Waals surface area contributed by atoms with Crippen molar-refractivity contribution in [2.24, 2.45) is 11.7 Å². The van der Waals surface area contributed by atoms with Gasteiger partial charge in [-0.2, -0.15) is 4.98 Å². The first-order valence-electron chi connectivity index (χ1n) is 14.1. The number of aromatic nitrogens is 2. The van der Waals surface area contributed by atoms with Crippen LogP contribution in [0.25, 0.3) is 0 Å². The predicted molar refractivity (Wildman–Crippen MR) is 165 cm³/mol. The topological polar surface area (TPSA) is 255 Å². The molecule has 10 N–H and O–H groups in total. The number of nitrogens with zero attached hydrogens (tertiary/aromatic N) is 2. The van der Waals surface area contributed by atoms with Crippen molar-refractivity contribution in [2.45, 2.75) is 58.2 Å². The number of fused-ring (bicyclic) bond motifs is 1. The largest absolute Gasteiger partial charge is 0.480 e. The lowest BCUT2D eigenvalue weighted by molar-refractivity contribution is -0.144. The third-order valence-electron chi connectivity index (χ3n) is 6.60. The van der Waals surface area contributed by atoms with Gasteiger partial charge >= 0.3 is 17.9 Å². The molecule has 2 unspecified atom stereocenters. The first-order chi connectivity index (χ1) is 20.7. The predicted octanol–water partition coefficient (Wildman–Crippen LogP) is 0.665. The Morgan fingerprint density at radius 3 is 2.36 bits per heavy atom. The number of carboxylic acids is 2. The summed E-state index contributed by atoms with van der Waals surface area (Å²) < 4.78 is 4.79. The fourth-order valence-corrected chi connectivity index (χ4v) is 4.26. The SMILES string of the molecule is CC(C)CC(N)C(=O)O.CCOC(=O)CCC(NC(=O)c1ccc(NC[C@H]2CNc3nc(N)[nH]c(=O)c3N2C)cc1)C(=O)O. The van der Waals surface area contributed by atoms with E-state index in [0.29, 0.717) is 36.9 Å². The number of amides is 1. The van der Waals surface area contributed by atoms with Gasteiger partial charge in [0.1, 0.15) is 17.8 Å². The fourth-order valence-electron chi connectivity index (χ4n) is 4.26. The zero-order valence-electron chi connectivity index (χ0n) is 25.3. The van der Waals surface area contributed by atoms with E-state index >= 15 is 0 Å². The summed E-state index contributed by atoms with van der Waals surface area (Å²) >= 11 is 0. The van der Waals surface area contributed by atoms with E-state index in [4.69, 9.17) is 21.3 Å². The van der Waals surface area contributed by atoms with Crippen molar-refractivity contribution in [3.8, 4) is 0 Å². The number of H-pyrrole nitrogens is 1. The lowest BCUT2D eigenvalue weighted by Crippen LogP contribution is -2.48. The van der Waals surface area contributed by atoms with Crippen LogP contribution in [0.1, 0.15) is 50.4 Å². The summed E-state index contributed by atoms with van der Waals surface area (Å²) in [6, 6.07) is 4.56. The van der Waals surface area contributed by atoms with Gasteiger partial charge in [-0.1, -0.05) is 13.8 Å². The number of aliphatic carboxylic acids is 2. The Hall–Kier alpha value is -4.86. The highest BCUT2D eigenvalue weighted by atomic mass is 16.5. The Bertz CT molecular complexity index is 1350. The summed E-state index contributed by atoms with van der Waals surface area (Å²) in [7, 11) is 1.80. The number of hydrogen-bond acceptors (Lipinski definition) is 12. The number of benzene rings is 1. The van der Waals surface area contributed by atoms with Crippen LogP contribution in [0.15, 0.2) is 29.1 Å². The number of nitrogens with one attached hydrogen (secondary N) is 4. The van der Waals surface area contributed by atoms with Crippen LogP contribution in [0.2, 0.25) is 0 Å². The molecule has 16 heteroatoms. The van der Waals surface area contributed by atoms with E-state index < -0.39 is 35.9 Å². The second kappa shape index (κ2) is 16.7. The molecule has 0 spiro atoms. The first-order valence-corrected chi connectivity index (χ1v) is 14.1. The lowest BCUT2D eigenvalue weighted by atomic mass is 10.1. The molecule has 3 rings (SSSR count). The van der Waals surface area contributed by atoms with Crippen LogP contribution in [-0.2, 0) is 19.1 Å². The molecule has 2 heterocycles. The van der Waals surface area contributed by atoms with Gasteiger partial charge in [-0.3, -0.25) is 24.2 Å². The lowest BCUT2D eigenvalue weighted by Gasteiger charge is -2.35. The summed E-state index contributed by atoms with van der Waals surface area (Å²) in [5, 5.41) is 26.5. The number of carboxylic acid groups (broad SMARTS) is 2. The quantitative estimate of drug-likeness (QED) is 0.144. The number of carbonyl (C=O) groups is 4. The minimum Gasteiger partial charge on any atom is -0.480 e. The molecule has 1 aromatic heterocycles. The van der Waals surface area contributed by atoms with Gasteiger partial charge in [0.15, 0.2) is 5.82 Å². The molecule has 1 amide bonds. The van der Waals surface area contributed by atoms with Crippen molar-refractivity contribution in [3.63, 3.8) is 0 Å². The van der Waals surface area contributed by atoms with Crippen molar-refractivity contribution in [1.29, 1.82) is 0 Å². The third kappa shape index (κ3) is 10.8. The van der Waals surface area contributed by atoms with E-state index in [1.807, 2.05) is 18.7 Å². The number of nitrogens with two attached hydrogens (primary N) is 2. The Balaban J connectivity index is 0.000000651. The molecular weight excluding hydrogens is 576 g/mol. The minimum absolute atomic E-state index is 0.0454. The number of anilines is 4. The molecule has 242 valence electrons. The molecule has 0 saturated heterocycles. The molecule has 1 aliphatic heterocycles. The van der Waals surface area contributed by atoms with Crippen molar-refractivity contribution < 1.29 is 34.1 Å². The van der Waals surface area contributed by atoms with Crippen LogP contribution < -0.4 is 37.9 Å². The van der Waals surface area contributed by atoms with E-state index in [9.17, 15) is 29.1 Å². The van der Waals surface area contributed by atoms with Gasteiger partial charge in [0.05, 0.1) is 12.6 Å². The van der Waals surface area contributed by atoms with E-state index in [1.165, 1.54) is 0 Å². The van der Waals surface area contributed by atoms with Crippen LogP contribution in [0, 0.1) is 5.92 Å². The Morgan fingerprint density at radius 2 is 1.82 bits per heavy atom.